The number of nitrogens with zero attached hydrogens (tertiary/aromatic N) is 1. The molecule has 1 aliphatic heterocycles. The smallest absolute Gasteiger partial charge is 0.317 e. The first-order valence-corrected chi connectivity index (χ1v) is 6.95. The van der Waals surface area contributed by atoms with Crippen molar-refractivity contribution in [3.8, 4) is 0 Å². The van der Waals surface area contributed by atoms with Gasteiger partial charge in [-0.2, -0.15) is 0 Å². The molecule has 110 valence electrons. The molecule has 2 fully saturated rings. The molecule has 2 N–H and O–H groups in total. The van der Waals surface area contributed by atoms with E-state index in [1.54, 1.807) is 4.90 Å². The molecular formula is C13H22F2N2O2. The molecule has 4 nitrogen and oxygen atoms in total. The van der Waals surface area contributed by atoms with Crippen molar-refractivity contribution in [3.05, 3.63) is 0 Å². The number of urea groups is 1. The van der Waals surface area contributed by atoms with Crippen LogP contribution in [0.1, 0.15) is 32.6 Å². The molecule has 2 amide bonds. The zero-order valence-corrected chi connectivity index (χ0v) is 11.2. The molecule has 0 radical (unpaired) electrons. The van der Waals surface area contributed by atoms with Gasteiger partial charge in [-0.05, 0) is 25.7 Å². The topological polar surface area (TPSA) is 52.6 Å². The summed E-state index contributed by atoms with van der Waals surface area (Å²) in [6.07, 6.45) is 0.782. The average Bonchev–Trinajstić information content (AvgIpc) is 2.27. The van der Waals surface area contributed by atoms with Gasteiger partial charge in [0.1, 0.15) is 0 Å². The van der Waals surface area contributed by atoms with Crippen molar-refractivity contribution in [1.82, 2.24) is 10.2 Å². The first-order valence-electron chi connectivity index (χ1n) is 6.95. The summed E-state index contributed by atoms with van der Waals surface area (Å²) in [4.78, 5) is 13.5. The van der Waals surface area contributed by atoms with Crippen LogP contribution in [0.3, 0.4) is 0 Å². The van der Waals surface area contributed by atoms with Crippen LogP contribution in [0.4, 0.5) is 13.6 Å². The van der Waals surface area contributed by atoms with Crippen molar-refractivity contribution in [3.63, 3.8) is 0 Å². The zero-order chi connectivity index (χ0) is 14.0. The van der Waals surface area contributed by atoms with Crippen LogP contribution in [0, 0.1) is 11.8 Å². The van der Waals surface area contributed by atoms with E-state index in [9.17, 15) is 13.6 Å². The highest BCUT2D eigenvalue weighted by atomic mass is 19.3. The molecule has 1 atom stereocenters. The van der Waals surface area contributed by atoms with Gasteiger partial charge in [-0.3, -0.25) is 0 Å². The molecule has 1 aliphatic carbocycles. The van der Waals surface area contributed by atoms with Crippen molar-refractivity contribution in [2.45, 2.75) is 44.6 Å². The van der Waals surface area contributed by atoms with E-state index in [2.05, 4.69) is 5.32 Å². The SMILES string of the molecule is CC(NC(=O)N1CC(CO)C1)C1CCC(F)(F)CC1. The number of hydrogen-bond acceptors (Lipinski definition) is 2. The van der Waals surface area contributed by atoms with Gasteiger partial charge in [0.25, 0.3) is 0 Å². The molecule has 0 aromatic heterocycles. The van der Waals surface area contributed by atoms with Gasteiger partial charge in [-0.15, -0.1) is 0 Å². The molecule has 1 unspecified atom stereocenters. The summed E-state index contributed by atoms with van der Waals surface area (Å²) in [5.41, 5.74) is 0. The predicted octanol–water partition coefficient (Wildman–Crippen LogP) is 1.83. The summed E-state index contributed by atoms with van der Waals surface area (Å²) in [5, 5.41) is 11.8. The number of nitrogens with one attached hydrogen (secondary N) is 1. The number of halogens is 2. The predicted molar refractivity (Wildman–Crippen MR) is 67.0 cm³/mol. The van der Waals surface area contributed by atoms with E-state index in [1.807, 2.05) is 6.92 Å². The number of rotatable bonds is 3. The maximum Gasteiger partial charge on any atom is 0.317 e. The van der Waals surface area contributed by atoms with Gasteiger partial charge in [0.15, 0.2) is 0 Å². The van der Waals surface area contributed by atoms with Gasteiger partial charge in [0.05, 0.1) is 0 Å². The molecule has 1 heterocycles. The molecule has 1 saturated heterocycles. The highest BCUT2D eigenvalue weighted by Crippen LogP contribution is 2.37. The summed E-state index contributed by atoms with van der Waals surface area (Å²) in [5.74, 6) is -2.20. The molecule has 1 saturated carbocycles. The summed E-state index contributed by atoms with van der Waals surface area (Å²) in [6, 6.07) is -0.216. The second kappa shape index (κ2) is 5.61. The molecule has 2 rings (SSSR count). The van der Waals surface area contributed by atoms with E-state index >= 15 is 0 Å². The Labute approximate surface area is 112 Å². The lowest BCUT2D eigenvalue weighted by molar-refractivity contribution is -0.0486. The lowest BCUT2D eigenvalue weighted by atomic mass is 9.82. The molecule has 0 spiro atoms. The third kappa shape index (κ3) is 3.55. The van der Waals surface area contributed by atoms with Crippen LogP contribution < -0.4 is 5.32 Å². The largest absolute Gasteiger partial charge is 0.396 e. The Morgan fingerprint density at radius 2 is 2.00 bits per heavy atom. The third-order valence-corrected chi connectivity index (χ3v) is 4.32. The van der Waals surface area contributed by atoms with Gasteiger partial charge in [0.2, 0.25) is 5.92 Å². The minimum Gasteiger partial charge on any atom is -0.396 e. The normalized spacial score (nSPS) is 25.8. The minimum atomic E-state index is -2.52. The van der Waals surface area contributed by atoms with Crippen LogP contribution >= 0.6 is 0 Å². The molecule has 2 aliphatic rings. The molecular weight excluding hydrogens is 254 g/mol. The molecule has 6 heteroatoms. The fourth-order valence-electron chi connectivity index (χ4n) is 2.82. The Hall–Kier alpha value is -0.910. The van der Waals surface area contributed by atoms with Crippen molar-refractivity contribution < 1.29 is 18.7 Å². The molecule has 0 bridgehead atoms. The third-order valence-electron chi connectivity index (χ3n) is 4.32. The number of carbonyl (C=O) groups is 1. The summed E-state index contributed by atoms with van der Waals surface area (Å²) in [6.45, 7) is 3.15. The Kier molecular flexibility index (Phi) is 4.28. The highest BCUT2D eigenvalue weighted by molar-refractivity contribution is 5.75. The monoisotopic (exact) mass is 276 g/mol. The van der Waals surface area contributed by atoms with Gasteiger partial charge >= 0.3 is 6.03 Å². The van der Waals surface area contributed by atoms with Crippen molar-refractivity contribution >= 4 is 6.03 Å². The highest BCUT2D eigenvalue weighted by Gasteiger charge is 2.37. The Balaban J connectivity index is 1.72. The standard InChI is InChI=1S/C13H22F2N2O2/c1-9(11-2-4-13(14,15)5-3-11)16-12(19)17-6-10(7-17)8-18/h9-11,18H,2-8H2,1H3,(H,16,19). The number of hydrogen-bond donors (Lipinski definition) is 2. The Bertz CT molecular complexity index is 323. The number of aliphatic hydroxyl groups is 1. The number of alkyl halides is 2. The van der Waals surface area contributed by atoms with Crippen LogP contribution in [0.25, 0.3) is 0 Å². The van der Waals surface area contributed by atoms with E-state index in [0.717, 1.165) is 0 Å². The summed E-state index contributed by atoms with van der Waals surface area (Å²) >= 11 is 0. The van der Waals surface area contributed by atoms with Crippen LogP contribution in [0.2, 0.25) is 0 Å². The van der Waals surface area contributed by atoms with Crippen LogP contribution in [0.5, 0.6) is 0 Å². The fourth-order valence-corrected chi connectivity index (χ4v) is 2.82. The molecule has 0 aromatic carbocycles. The van der Waals surface area contributed by atoms with E-state index in [0.29, 0.717) is 25.9 Å². The molecule has 0 aromatic rings. The fraction of sp³-hybridized carbons (Fsp3) is 0.923. The van der Waals surface area contributed by atoms with Gasteiger partial charge in [0, 0.05) is 44.5 Å². The van der Waals surface area contributed by atoms with Crippen molar-refractivity contribution in [1.29, 1.82) is 0 Å². The summed E-state index contributed by atoms with van der Waals surface area (Å²) in [7, 11) is 0. The van der Waals surface area contributed by atoms with Gasteiger partial charge < -0.3 is 15.3 Å². The van der Waals surface area contributed by atoms with Gasteiger partial charge in [-0.25, -0.2) is 13.6 Å². The van der Waals surface area contributed by atoms with Crippen molar-refractivity contribution in [2.75, 3.05) is 19.7 Å². The van der Waals surface area contributed by atoms with Crippen LogP contribution in [-0.4, -0.2) is 47.7 Å². The lowest BCUT2D eigenvalue weighted by Gasteiger charge is -2.40. The average molecular weight is 276 g/mol. The number of likely N-dealkylation sites (tertiary alicyclic amines) is 1. The maximum atomic E-state index is 13.1. The first kappa shape index (κ1) is 14.5. The zero-order valence-electron chi connectivity index (χ0n) is 11.2. The maximum absolute atomic E-state index is 13.1. The Morgan fingerprint density at radius 3 is 2.53 bits per heavy atom. The van der Waals surface area contributed by atoms with E-state index < -0.39 is 5.92 Å². The summed E-state index contributed by atoms with van der Waals surface area (Å²) < 4.78 is 26.1. The number of aliphatic hydroxyl groups excluding tert-OH is 1. The number of amides is 2. The lowest BCUT2D eigenvalue weighted by Crippen LogP contribution is -2.57. The first-order chi connectivity index (χ1) is 8.91. The van der Waals surface area contributed by atoms with E-state index in [-0.39, 0.29) is 43.4 Å². The second-order valence-corrected chi connectivity index (χ2v) is 5.89. The van der Waals surface area contributed by atoms with E-state index in [4.69, 9.17) is 5.11 Å². The number of carbonyl (C=O) groups excluding carboxylic acids is 1. The second-order valence-electron chi connectivity index (χ2n) is 5.89. The van der Waals surface area contributed by atoms with E-state index in [1.165, 1.54) is 0 Å². The molecule has 19 heavy (non-hydrogen) atoms. The Morgan fingerprint density at radius 1 is 1.42 bits per heavy atom. The quantitative estimate of drug-likeness (QED) is 0.826. The van der Waals surface area contributed by atoms with Crippen LogP contribution in [-0.2, 0) is 0 Å². The van der Waals surface area contributed by atoms with Crippen LogP contribution in [0.15, 0.2) is 0 Å². The minimum absolute atomic E-state index is 0.0724. The van der Waals surface area contributed by atoms with Crippen molar-refractivity contribution in [2.24, 2.45) is 11.8 Å². The van der Waals surface area contributed by atoms with Gasteiger partial charge in [-0.1, -0.05) is 0 Å².